The molecule has 4 rings (SSSR count). The van der Waals surface area contributed by atoms with Gasteiger partial charge < -0.3 is 4.57 Å². The lowest BCUT2D eigenvalue weighted by Gasteiger charge is -2.45. The molecule has 0 aliphatic heterocycles. The smallest absolute Gasteiger partial charge is 0.155 e. The highest BCUT2D eigenvalue weighted by molar-refractivity contribution is 5.90. The normalized spacial score (nSPS) is 34.8. The molecule has 140 valence electrons. The summed E-state index contributed by atoms with van der Waals surface area (Å²) in [6, 6.07) is 0. The Morgan fingerprint density at radius 1 is 1.23 bits per heavy atom. The van der Waals surface area contributed by atoms with Gasteiger partial charge in [0.25, 0.3) is 0 Å². The Bertz CT molecular complexity index is 729. The molecule has 1 aromatic heterocycles. The van der Waals surface area contributed by atoms with Crippen LogP contribution in [0.4, 0.5) is 0 Å². The van der Waals surface area contributed by atoms with E-state index in [1.165, 1.54) is 56.2 Å². The van der Waals surface area contributed by atoms with Crippen molar-refractivity contribution in [2.24, 2.45) is 16.7 Å². The van der Waals surface area contributed by atoms with E-state index in [9.17, 15) is 4.79 Å². The Labute approximate surface area is 157 Å². The molecule has 0 N–H and O–H groups in total. The van der Waals surface area contributed by atoms with E-state index in [4.69, 9.17) is 0 Å². The zero-order valence-corrected chi connectivity index (χ0v) is 16.3. The lowest BCUT2D eigenvalue weighted by Crippen LogP contribution is -2.34. The van der Waals surface area contributed by atoms with Crippen LogP contribution in [0.2, 0.25) is 0 Å². The monoisotopic (exact) mass is 352 g/mol. The molecule has 1 heterocycles. The third-order valence-electron chi connectivity index (χ3n) is 7.57. The lowest BCUT2D eigenvalue weighted by atomic mass is 9.60. The maximum Gasteiger partial charge on any atom is 0.155 e. The maximum atomic E-state index is 12.1. The molecule has 3 nitrogen and oxygen atoms in total. The number of ketones is 1. The molecule has 3 heteroatoms. The Balaban J connectivity index is 1.51. The topological polar surface area (TPSA) is 34.9 Å². The fourth-order valence-electron chi connectivity index (χ4n) is 5.83. The van der Waals surface area contributed by atoms with Crippen molar-refractivity contribution in [2.75, 3.05) is 0 Å². The van der Waals surface area contributed by atoms with Gasteiger partial charge in [0.15, 0.2) is 5.78 Å². The number of hydrogen-bond acceptors (Lipinski definition) is 2. The lowest BCUT2D eigenvalue weighted by molar-refractivity contribution is -0.114. The van der Waals surface area contributed by atoms with Gasteiger partial charge in [-0.3, -0.25) is 4.79 Å². The van der Waals surface area contributed by atoms with Gasteiger partial charge >= 0.3 is 0 Å². The summed E-state index contributed by atoms with van der Waals surface area (Å²) in [6.07, 6.45) is 21.9. The fraction of sp³-hybridized carbons (Fsp3) is 0.652. The minimum atomic E-state index is 0.248. The molecule has 3 atom stereocenters. The van der Waals surface area contributed by atoms with Crippen LogP contribution in [0.25, 0.3) is 5.70 Å². The quantitative estimate of drug-likeness (QED) is 0.687. The number of aromatic nitrogens is 2. The number of fused-ring (bicyclic) bond motifs is 1. The number of hydrogen-bond donors (Lipinski definition) is 0. The third-order valence-corrected chi connectivity index (χ3v) is 7.57. The summed E-state index contributed by atoms with van der Waals surface area (Å²) in [5.41, 5.74) is 3.39. The Morgan fingerprint density at radius 3 is 2.92 bits per heavy atom. The minimum absolute atomic E-state index is 0.248. The van der Waals surface area contributed by atoms with E-state index >= 15 is 0 Å². The van der Waals surface area contributed by atoms with Crippen LogP contribution in [-0.2, 0) is 4.79 Å². The second kappa shape index (κ2) is 6.83. The molecule has 1 saturated carbocycles. The molecule has 0 saturated heterocycles. The molecule has 1 fully saturated rings. The van der Waals surface area contributed by atoms with Gasteiger partial charge in [-0.15, -0.1) is 0 Å². The molecule has 0 amide bonds. The average molecular weight is 353 g/mol. The summed E-state index contributed by atoms with van der Waals surface area (Å²) >= 11 is 0. The van der Waals surface area contributed by atoms with Crippen molar-refractivity contribution < 1.29 is 4.79 Å². The molecule has 3 unspecified atom stereocenters. The number of carbonyl (C=O) groups is 1. The van der Waals surface area contributed by atoms with Crippen LogP contribution in [0.1, 0.15) is 78.1 Å². The summed E-state index contributed by atoms with van der Waals surface area (Å²) in [5.74, 6) is 1.08. The van der Waals surface area contributed by atoms with Gasteiger partial charge in [0.1, 0.15) is 0 Å². The van der Waals surface area contributed by atoms with Crippen LogP contribution in [-0.4, -0.2) is 15.3 Å². The average Bonchev–Trinajstić information content (AvgIpc) is 3.22. The van der Waals surface area contributed by atoms with E-state index in [2.05, 4.69) is 35.7 Å². The van der Waals surface area contributed by atoms with Crippen LogP contribution >= 0.6 is 0 Å². The maximum absolute atomic E-state index is 12.1. The third kappa shape index (κ3) is 3.10. The number of allylic oxidation sites excluding steroid dienone is 4. The Kier molecular flexibility index (Phi) is 4.66. The van der Waals surface area contributed by atoms with E-state index in [1.54, 1.807) is 0 Å². The van der Waals surface area contributed by atoms with Crippen molar-refractivity contribution in [3.8, 4) is 0 Å². The Hall–Kier alpha value is -1.64. The zero-order valence-electron chi connectivity index (χ0n) is 16.3. The summed E-state index contributed by atoms with van der Waals surface area (Å²) < 4.78 is 2.21. The van der Waals surface area contributed by atoms with Crippen LogP contribution in [0.15, 0.2) is 36.4 Å². The van der Waals surface area contributed by atoms with Crippen molar-refractivity contribution in [1.29, 1.82) is 0 Å². The van der Waals surface area contributed by atoms with Gasteiger partial charge in [0.05, 0.1) is 6.33 Å². The summed E-state index contributed by atoms with van der Waals surface area (Å²) in [4.78, 5) is 16.3. The van der Waals surface area contributed by atoms with Gasteiger partial charge in [-0.2, -0.15) is 0 Å². The van der Waals surface area contributed by atoms with Gasteiger partial charge in [-0.25, -0.2) is 4.98 Å². The molecular weight excluding hydrogens is 320 g/mol. The largest absolute Gasteiger partial charge is 0.310 e. The molecular formula is C23H32N2O. The first-order valence-corrected chi connectivity index (χ1v) is 10.4. The SMILES string of the molecule is CC1(CCC2CCCC3=CC(=O)CCCC32C)CCC=C1n1ccnc1. The molecule has 0 bridgehead atoms. The standard InChI is InChI=1S/C23H32N2O/c1-22(11-5-9-21(22)25-15-14-24-17-25)13-10-18-6-3-7-19-16-20(26)8-4-12-23(18,19)2/h9,14-18H,3-8,10-13H2,1-2H3. The second-order valence-electron chi connectivity index (χ2n) is 9.19. The molecule has 3 aliphatic rings. The Morgan fingerprint density at radius 2 is 2.12 bits per heavy atom. The van der Waals surface area contributed by atoms with Gasteiger partial charge in [-0.1, -0.05) is 25.5 Å². The number of rotatable bonds is 4. The number of nitrogens with zero attached hydrogens (tertiary/aromatic N) is 2. The number of imidazole rings is 1. The minimum Gasteiger partial charge on any atom is -0.310 e. The van der Waals surface area contributed by atoms with Crippen molar-refractivity contribution in [2.45, 2.75) is 78.1 Å². The molecule has 0 radical (unpaired) electrons. The van der Waals surface area contributed by atoms with E-state index in [0.717, 1.165) is 25.2 Å². The second-order valence-corrected chi connectivity index (χ2v) is 9.19. The summed E-state index contributed by atoms with van der Waals surface area (Å²) in [7, 11) is 0. The van der Waals surface area contributed by atoms with E-state index in [0.29, 0.717) is 5.78 Å². The first-order chi connectivity index (χ1) is 12.5. The van der Waals surface area contributed by atoms with Gasteiger partial charge in [0, 0.05) is 29.9 Å². The van der Waals surface area contributed by atoms with Crippen molar-refractivity contribution in [3.63, 3.8) is 0 Å². The van der Waals surface area contributed by atoms with Crippen molar-refractivity contribution in [3.05, 3.63) is 36.4 Å². The van der Waals surface area contributed by atoms with E-state index in [-0.39, 0.29) is 10.8 Å². The van der Waals surface area contributed by atoms with Crippen molar-refractivity contribution >= 4 is 11.5 Å². The first-order valence-electron chi connectivity index (χ1n) is 10.4. The van der Waals surface area contributed by atoms with E-state index in [1.807, 2.05) is 18.6 Å². The number of carbonyl (C=O) groups excluding carboxylic acids is 1. The van der Waals surface area contributed by atoms with Crippen LogP contribution in [0.5, 0.6) is 0 Å². The molecule has 1 aromatic rings. The molecule has 0 aromatic carbocycles. The van der Waals surface area contributed by atoms with Gasteiger partial charge in [-0.05, 0) is 75.2 Å². The van der Waals surface area contributed by atoms with Crippen LogP contribution < -0.4 is 0 Å². The zero-order chi connectivity index (χ0) is 18.2. The predicted molar refractivity (Wildman–Crippen MR) is 105 cm³/mol. The van der Waals surface area contributed by atoms with Crippen LogP contribution in [0, 0.1) is 16.7 Å². The van der Waals surface area contributed by atoms with Crippen molar-refractivity contribution in [1.82, 2.24) is 9.55 Å². The highest BCUT2D eigenvalue weighted by Gasteiger charge is 2.42. The molecule has 0 spiro atoms. The molecule has 3 aliphatic carbocycles. The first kappa shape index (κ1) is 17.8. The van der Waals surface area contributed by atoms with Gasteiger partial charge in [0.2, 0.25) is 0 Å². The summed E-state index contributed by atoms with van der Waals surface area (Å²) in [6.45, 7) is 4.88. The highest BCUT2D eigenvalue weighted by Crippen LogP contribution is 2.54. The fourth-order valence-corrected chi connectivity index (χ4v) is 5.83. The molecule has 26 heavy (non-hydrogen) atoms. The van der Waals surface area contributed by atoms with Crippen LogP contribution in [0.3, 0.4) is 0 Å². The van der Waals surface area contributed by atoms with E-state index < -0.39 is 0 Å². The highest BCUT2D eigenvalue weighted by atomic mass is 16.1. The predicted octanol–water partition coefficient (Wildman–Crippen LogP) is 5.79. The summed E-state index contributed by atoms with van der Waals surface area (Å²) in [5, 5.41) is 0.